The molecule has 0 saturated carbocycles. The van der Waals surface area contributed by atoms with E-state index < -0.39 is 0 Å². The predicted molar refractivity (Wildman–Crippen MR) is 76.1 cm³/mol. The van der Waals surface area contributed by atoms with Crippen molar-refractivity contribution < 1.29 is 0 Å². The second-order valence-electron chi connectivity index (χ2n) is 4.46. The smallest absolute Gasteiger partial charge is 0.141 e. The van der Waals surface area contributed by atoms with Gasteiger partial charge < -0.3 is 4.57 Å². The van der Waals surface area contributed by atoms with E-state index in [0.29, 0.717) is 0 Å². The molecule has 6 nitrogen and oxygen atoms in total. The molecule has 3 heterocycles. The maximum absolute atomic E-state index is 4.28. The van der Waals surface area contributed by atoms with E-state index in [1.807, 2.05) is 18.3 Å². The van der Waals surface area contributed by atoms with E-state index in [4.69, 9.17) is 0 Å². The number of aromatic nitrogens is 5. The minimum Gasteiger partial charge on any atom is -0.316 e. The molecule has 0 atom stereocenters. The molecule has 0 bridgehead atoms. The summed E-state index contributed by atoms with van der Waals surface area (Å²) in [4.78, 5) is 4.16. The summed E-state index contributed by atoms with van der Waals surface area (Å²) in [6, 6.07) is 6.06. The highest BCUT2D eigenvalue weighted by molar-refractivity contribution is 5.82. The van der Waals surface area contributed by atoms with Crippen molar-refractivity contribution in [1.29, 1.82) is 0 Å². The molecule has 100 valence electrons. The normalized spacial score (nSPS) is 11.3. The third-order valence-corrected chi connectivity index (χ3v) is 3.11. The van der Waals surface area contributed by atoms with Gasteiger partial charge in [-0.3, -0.25) is 4.98 Å². The van der Waals surface area contributed by atoms with Crippen molar-refractivity contribution in [3.8, 4) is 5.69 Å². The lowest BCUT2D eigenvalue weighted by Gasteiger charge is -2.08. The number of hydrogen-bond donors (Lipinski definition) is 0. The predicted octanol–water partition coefficient (Wildman–Crippen LogP) is 1.96. The number of pyridine rings is 1. The molecule has 0 aliphatic carbocycles. The highest BCUT2D eigenvalue weighted by Gasteiger charge is 2.09. The van der Waals surface area contributed by atoms with Gasteiger partial charge in [-0.2, -0.15) is 5.10 Å². The Labute approximate surface area is 116 Å². The van der Waals surface area contributed by atoms with Crippen LogP contribution in [0.5, 0.6) is 0 Å². The van der Waals surface area contributed by atoms with Crippen molar-refractivity contribution in [1.82, 2.24) is 24.4 Å². The van der Waals surface area contributed by atoms with Crippen LogP contribution >= 0.6 is 0 Å². The van der Waals surface area contributed by atoms with Crippen LogP contribution in [-0.4, -0.2) is 30.6 Å². The van der Waals surface area contributed by atoms with Gasteiger partial charge >= 0.3 is 0 Å². The molecule has 3 aromatic heterocycles. The third kappa shape index (κ3) is 2.23. The first-order valence-corrected chi connectivity index (χ1v) is 6.24. The molecule has 0 unspecified atom stereocenters. The molecular weight excluding hydrogens is 252 g/mol. The molecule has 20 heavy (non-hydrogen) atoms. The van der Waals surface area contributed by atoms with Gasteiger partial charge in [0.2, 0.25) is 0 Å². The van der Waals surface area contributed by atoms with Gasteiger partial charge in [0.05, 0.1) is 18.1 Å². The first kappa shape index (κ1) is 12.3. The number of hydrogen-bond acceptors (Lipinski definition) is 4. The topological polar surface area (TPSA) is 60.9 Å². The second kappa shape index (κ2) is 5.08. The second-order valence-corrected chi connectivity index (χ2v) is 4.46. The molecule has 0 aliphatic rings. The van der Waals surface area contributed by atoms with E-state index in [2.05, 4.69) is 44.8 Å². The van der Waals surface area contributed by atoms with Gasteiger partial charge in [-0.25, -0.2) is 4.68 Å². The summed E-state index contributed by atoms with van der Waals surface area (Å²) in [6.45, 7) is 4.13. The third-order valence-electron chi connectivity index (χ3n) is 3.11. The summed E-state index contributed by atoms with van der Waals surface area (Å²) >= 11 is 0. The quantitative estimate of drug-likeness (QED) is 0.681. The van der Waals surface area contributed by atoms with Gasteiger partial charge in [0.25, 0.3) is 0 Å². The van der Waals surface area contributed by atoms with Crippen LogP contribution in [0.3, 0.4) is 0 Å². The van der Waals surface area contributed by atoms with Crippen LogP contribution in [0.2, 0.25) is 0 Å². The average molecular weight is 266 g/mol. The van der Waals surface area contributed by atoms with Crippen LogP contribution < -0.4 is 0 Å². The van der Waals surface area contributed by atoms with Crippen LogP contribution in [0, 0.1) is 13.8 Å². The fraction of sp³-hybridized carbons (Fsp3) is 0.143. The Hall–Kier alpha value is -2.76. The molecule has 0 spiro atoms. The summed E-state index contributed by atoms with van der Waals surface area (Å²) in [5, 5.41) is 11.7. The van der Waals surface area contributed by atoms with Crippen LogP contribution in [0.1, 0.15) is 17.0 Å². The van der Waals surface area contributed by atoms with Crippen LogP contribution in [-0.2, 0) is 0 Å². The fourth-order valence-electron chi connectivity index (χ4n) is 2.19. The molecule has 3 rings (SSSR count). The fourth-order valence-corrected chi connectivity index (χ4v) is 2.19. The van der Waals surface area contributed by atoms with Gasteiger partial charge in [0, 0.05) is 23.1 Å². The van der Waals surface area contributed by atoms with E-state index >= 15 is 0 Å². The molecule has 0 fully saturated rings. The van der Waals surface area contributed by atoms with Gasteiger partial charge in [0.15, 0.2) is 0 Å². The van der Waals surface area contributed by atoms with E-state index in [9.17, 15) is 0 Å². The Morgan fingerprint density at radius 1 is 1.20 bits per heavy atom. The first-order valence-electron chi connectivity index (χ1n) is 6.24. The SMILES string of the molecule is Cc1cc(/C=N\n2cnnc2)c(C)n1-c1cccnc1. The van der Waals surface area contributed by atoms with E-state index in [1.54, 1.807) is 29.7 Å². The van der Waals surface area contributed by atoms with Crippen LogP contribution in [0.15, 0.2) is 48.3 Å². The van der Waals surface area contributed by atoms with Crippen molar-refractivity contribution in [2.45, 2.75) is 13.8 Å². The molecular formula is C14H14N6. The van der Waals surface area contributed by atoms with Crippen molar-refractivity contribution in [2.24, 2.45) is 5.10 Å². The summed E-state index contributed by atoms with van der Waals surface area (Å²) in [7, 11) is 0. The minimum absolute atomic E-state index is 1.05. The Balaban J connectivity index is 1.99. The van der Waals surface area contributed by atoms with Crippen molar-refractivity contribution >= 4 is 6.21 Å². The van der Waals surface area contributed by atoms with E-state index in [1.165, 1.54) is 0 Å². The summed E-state index contributed by atoms with van der Waals surface area (Å²) in [6.07, 6.45) is 8.53. The largest absolute Gasteiger partial charge is 0.316 e. The van der Waals surface area contributed by atoms with Gasteiger partial charge in [0.1, 0.15) is 12.7 Å². The molecule has 0 aromatic carbocycles. The number of aryl methyl sites for hydroxylation is 1. The maximum atomic E-state index is 4.28. The molecule has 0 radical (unpaired) electrons. The van der Waals surface area contributed by atoms with E-state index in [0.717, 1.165) is 22.6 Å². The minimum atomic E-state index is 1.05. The average Bonchev–Trinajstić information content (AvgIpc) is 3.06. The number of rotatable bonds is 3. The zero-order chi connectivity index (χ0) is 13.9. The van der Waals surface area contributed by atoms with Gasteiger partial charge in [-0.1, -0.05) is 0 Å². The van der Waals surface area contributed by atoms with Gasteiger partial charge in [-0.15, -0.1) is 10.2 Å². The first-order chi connectivity index (χ1) is 9.75. The van der Waals surface area contributed by atoms with Crippen molar-refractivity contribution in [3.05, 3.63) is 60.2 Å². The Morgan fingerprint density at radius 2 is 2.00 bits per heavy atom. The summed E-state index contributed by atoms with van der Waals surface area (Å²) in [5.74, 6) is 0. The summed E-state index contributed by atoms with van der Waals surface area (Å²) in [5.41, 5.74) is 4.36. The monoisotopic (exact) mass is 266 g/mol. The molecule has 0 aliphatic heterocycles. The van der Waals surface area contributed by atoms with Crippen molar-refractivity contribution in [3.63, 3.8) is 0 Å². The molecule has 6 heteroatoms. The molecule has 3 aromatic rings. The zero-order valence-electron chi connectivity index (χ0n) is 11.3. The van der Waals surface area contributed by atoms with Crippen LogP contribution in [0.4, 0.5) is 0 Å². The Bertz CT molecular complexity index is 725. The maximum Gasteiger partial charge on any atom is 0.141 e. The lowest BCUT2D eigenvalue weighted by molar-refractivity contribution is 0.877. The Kier molecular flexibility index (Phi) is 3.12. The summed E-state index contributed by atoms with van der Waals surface area (Å²) < 4.78 is 3.72. The highest BCUT2D eigenvalue weighted by atomic mass is 15.4. The lowest BCUT2D eigenvalue weighted by atomic mass is 10.3. The molecule has 0 saturated heterocycles. The van der Waals surface area contributed by atoms with Crippen LogP contribution in [0.25, 0.3) is 5.69 Å². The lowest BCUT2D eigenvalue weighted by Crippen LogP contribution is -2.00. The van der Waals surface area contributed by atoms with E-state index in [-0.39, 0.29) is 0 Å². The molecule has 0 amide bonds. The Morgan fingerprint density at radius 3 is 2.70 bits per heavy atom. The zero-order valence-corrected chi connectivity index (χ0v) is 11.3. The molecule has 0 N–H and O–H groups in total. The van der Waals surface area contributed by atoms with Gasteiger partial charge in [-0.05, 0) is 32.0 Å². The standard InChI is InChI=1S/C14H14N6/c1-11-6-13(7-18-19-9-16-17-10-19)12(2)20(11)14-4-3-5-15-8-14/h3-10H,1-2H3/b18-7-. The highest BCUT2D eigenvalue weighted by Crippen LogP contribution is 2.18. The van der Waals surface area contributed by atoms with Crippen molar-refractivity contribution in [2.75, 3.05) is 0 Å². The number of nitrogens with zero attached hydrogens (tertiary/aromatic N) is 6.